The number of hydrogen-bond acceptors (Lipinski definition) is 6. The van der Waals surface area contributed by atoms with E-state index in [1.165, 1.54) is 18.5 Å². The molecule has 1 N–H and O–H groups in total. The largest absolute Gasteiger partial charge is 0.495 e. The van der Waals surface area contributed by atoms with Gasteiger partial charge in [-0.05, 0) is 30.3 Å². The van der Waals surface area contributed by atoms with E-state index in [4.69, 9.17) is 4.74 Å². The predicted octanol–water partition coefficient (Wildman–Crippen LogP) is 3.69. The van der Waals surface area contributed by atoms with Gasteiger partial charge in [-0.1, -0.05) is 18.2 Å². The molecule has 0 aliphatic carbocycles. The number of anilines is 4. The minimum atomic E-state index is -0.285. The molecule has 3 aromatic rings. The van der Waals surface area contributed by atoms with Crippen LogP contribution >= 0.6 is 0 Å². The molecule has 144 valence electrons. The van der Waals surface area contributed by atoms with Gasteiger partial charge in [0.2, 0.25) is 0 Å². The molecular formula is C21H22FN5O. The van der Waals surface area contributed by atoms with Gasteiger partial charge in [0, 0.05) is 37.9 Å². The van der Waals surface area contributed by atoms with Crippen molar-refractivity contribution in [3.8, 4) is 5.75 Å². The van der Waals surface area contributed by atoms with E-state index in [0.717, 1.165) is 43.4 Å². The summed E-state index contributed by atoms with van der Waals surface area (Å²) in [6.07, 6.45) is 1.53. The Hall–Kier alpha value is -3.35. The lowest BCUT2D eigenvalue weighted by molar-refractivity contribution is 0.413. The number of rotatable bonds is 5. The molecule has 1 aliphatic rings. The summed E-state index contributed by atoms with van der Waals surface area (Å²) in [5.41, 5.74) is 1.77. The van der Waals surface area contributed by atoms with Crippen molar-refractivity contribution in [1.29, 1.82) is 0 Å². The molecule has 0 radical (unpaired) electrons. The Morgan fingerprint density at radius 3 is 2.50 bits per heavy atom. The third-order valence-electron chi connectivity index (χ3n) is 4.78. The van der Waals surface area contributed by atoms with Gasteiger partial charge in [-0.25, -0.2) is 14.4 Å². The third kappa shape index (κ3) is 3.98. The number of nitrogens with one attached hydrogen (secondary N) is 1. The fourth-order valence-electron chi connectivity index (χ4n) is 3.37. The number of benzene rings is 2. The van der Waals surface area contributed by atoms with Crippen LogP contribution in [0.1, 0.15) is 0 Å². The van der Waals surface area contributed by atoms with Gasteiger partial charge in [0.15, 0.2) is 0 Å². The zero-order chi connectivity index (χ0) is 19.3. The van der Waals surface area contributed by atoms with Crippen LogP contribution in [0.2, 0.25) is 0 Å². The molecule has 0 saturated carbocycles. The van der Waals surface area contributed by atoms with Crippen molar-refractivity contribution in [2.24, 2.45) is 0 Å². The molecule has 2 aromatic carbocycles. The molecule has 1 fully saturated rings. The average molecular weight is 379 g/mol. The Labute approximate surface area is 163 Å². The van der Waals surface area contributed by atoms with Crippen LogP contribution in [0, 0.1) is 5.82 Å². The highest BCUT2D eigenvalue weighted by atomic mass is 19.1. The first-order chi connectivity index (χ1) is 13.7. The summed E-state index contributed by atoms with van der Waals surface area (Å²) >= 11 is 0. The first kappa shape index (κ1) is 18.0. The summed E-state index contributed by atoms with van der Waals surface area (Å²) < 4.78 is 18.9. The number of para-hydroxylation sites is 2. The molecule has 4 rings (SSSR count). The standard InChI is InChI=1S/C21H22FN5O/c1-28-19-8-3-2-7-18(19)26-9-11-27(12-10-26)21-14-20(23-15-24-21)25-17-6-4-5-16(22)13-17/h2-8,13-15H,9-12H2,1H3,(H,23,24,25). The molecular weight excluding hydrogens is 357 g/mol. The SMILES string of the molecule is COc1ccccc1N1CCN(c2cc(Nc3cccc(F)c3)ncn2)CC1. The number of aromatic nitrogens is 2. The van der Waals surface area contributed by atoms with Crippen LogP contribution in [0.3, 0.4) is 0 Å². The number of ether oxygens (including phenoxy) is 1. The van der Waals surface area contributed by atoms with Crippen molar-refractivity contribution < 1.29 is 9.13 Å². The molecule has 1 aliphatic heterocycles. The van der Waals surface area contributed by atoms with E-state index >= 15 is 0 Å². The Balaban J connectivity index is 1.43. The molecule has 0 amide bonds. The van der Waals surface area contributed by atoms with Crippen LogP contribution in [0.4, 0.5) is 27.4 Å². The molecule has 0 atom stereocenters. The maximum atomic E-state index is 13.4. The Morgan fingerprint density at radius 2 is 1.71 bits per heavy atom. The fourth-order valence-corrected chi connectivity index (χ4v) is 3.37. The molecule has 0 bridgehead atoms. The molecule has 0 spiro atoms. The molecule has 6 nitrogen and oxygen atoms in total. The van der Waals surface area contributed by atoms with Crippen LogP contribution in [0.15, 0.2) is 60.9 Å². The van der Waals surface area contributed by atoms with E-state index in [9.17, 15) is 4.39 Å². The molecule has 1 aromatic heterocycles. The summed E-state index contributed by atoms with van der Waals surface area (Å²) in [6.45, 7) is 3.43. The van der Waals surface area contributed by atoms with Crippen LogP contribution in [0.5, 0.6) is 5.75 Å². The van der Waals surface area contributed by atoms with Gasteiger partial charge in [0.25, 0.3) is 0 Å². The van der Waals surface area contributed by atoms with Crippen LogP contribution in [-0.4, -0.2) is 43.3 Å². The second kappa shape index (κ2) is 8.12. The Bertz CT molecular complexity index is 943. The van der Waals surface area contributed by atoms with Gasteiger partial charge >= 0.3 is 0 Å². The second-order valence-corrected chi connectivity index (χ2v) is 6.54. The van der Waals surface area contributed by atoms with E-state index in [1.54, 1.807) is 19.2 Å². The van der Waals surface area contributed by atoms with Crippen LogP contribution in [0.25, 0.3) is 0 Å². The lowest BCUT2D eigenvalue weighted by Gasteiger charge is -2.37. The van der Waals surface area contributed by atoms with Gasteiger partial charge in [0.05, 0.1) is 12.8 Å². The highest BCUT2D eigenvalue weighted by molar-refractivity contribution is 5.61. The number of methoxy groups -OCH3 is 1. The lowest BCUT2D eigenvalue weighted by Crippen LogP contribution is -2.47. The zero-order valence-electron chi connectivity index (χ0n) is 15.7. The number of hydrogen-bond donors (Lipinski definition) is 1. The first-order valence-corrected chi connectivity index (χ1v) is 9.20. The Kier molecular flexibility index (Phi) is 5.23. The number of nitrogens with zero attached hydrogens (tertiary/aromatic N) is 4. The Morgan fingerprint density at radius 1 is 0.929 bits per heavy atom. The summed E-state index contributed by atoms with van der Waals surface area (Å²) in [4.78, 5) is 13.2. The average Bonchev–Trinajstić information content (AvgIpc) is 2.74. The van der Waals surface area contributed by atoms with Crippen molar-refractivity contribution in [2.75, 3.05) is 48.4 Å². The number of piperazine rings is 1. The van der Waals surface area contributed by atoms with Crippen LogP contribution < -0.4 is 19.9 Å². The topological polar surface area (TPSA) is 53.5 Å². The van der Waals surface area contributed by atoms with Crippen molar-refractivity contribution in [3.63, 3.8) is 0 Å². The predicted molar refractivity (Wildman–Crippen MR) is 109 cm³/mol. The summed E-state index contributed by atoms with van der Waals surface area (Å²) in [5, 5.41) is 3.13. The zero-order valence-corrected chi connectivity index (χ0v) is 15.7. The minimum absolute atomic E-state index is 0.285. The minimum Gasteiger partial charge on any atom is -0.495 e. The van der Waals surface area contributed by atoms with Gasteiger partial charge in [-0.2, -0.15) is 0 Å². The van der Waals surface area contributed by atoms with Gasteiger partial charge in [-0.3, -0.25) is 0 Å². The van der Waals surface area contributed by atoms with E-state index in [1.807, 2.05) is 24.3 Å². The molecule has 1 saturated heterocycles. The highest BCUT2D eigenvalue weighted by Crippen LogP contribution is 2.29. The molecule has 2 heterocycles. The monoisotopic (exact) mass is 379 g/mol. The molecule has 0 unspecified atom stereocenters. The normalized spacial score (nSPS) is 14.1. The van der Waals surface area contributed by atoms with E-state index in [-0.39, 0.29) is 5.82 Å². The fraction of sp³-hybridized carbons (Fsp3) is 0.238. The van der Waals surface area contributed by atoms with Gasteiger partial charge in [-0.15, -0.1) is 0 Å². The number of halogens is 1. The van der Waals surface area contributed by atoms with Crippen molar-refractivity contribution in [1.82, 2.24) is 9.97 Å². The molecule has 7 heteroatoms. The quantitative estimate of drug-likeness (QED) is 0.730. The smallest absolute Gasteiger partial charge is 0.142 e. The van der Waals surface area contributed by atoms with Gasteiger partial charge in [0.1, 0.15) is 29.5 Å². The van der Waals surface area contributed by atoms with Gasteiger partial charge < -0.3 is 19.9 Å². The summed E-state index contributed by atoms with van der Waals surface area (Å²) in [5.74, 6) is 2.10. The van der Waals surface area contributed by atoms with E-state index in [0.29, 0.717) is 11.5 Å². The first-order valence-electron chi connectivity index (χ1n) is 9.20. The van der Waals surface area contributed by atoms with Crippen molar-refractivity contribution in [2.45, 2.75) is 0 Å². The third-order valence-corrected chi connectivity index (χ3v) is 4.78. The maximum absolute atomic E-state index is 13.4. The maximum Gasteiger partial charge on any atom is 0.142 e. The molecule has 28 heavy (non-hydrogen) atoms. The van der Waals surface area contributed by atoms with E-state index < -0.39 is 0 Å². The van der Waals surface area contributed by atoms with Crippen molar-refractivity contribution >= 4 is 23.0 Å². The second-order valence-electron chi connectivity index (χ2n) is 6.54. The summed E-state index contributed by atoms with van der Waals surface area (Å²) in [7, 11) is 1.70. The highest BCUT2D eigenvalue weighted by Gasteiger charge is 2.20. The van der Waals surface area contributed by atoms with E-state index in [2.05, 4.69) is 31.2 Å². The van der Waals surface area contributed by atoms with Crippen molar-refractivity contribution in [3.05, 3.63) is 66.7 Å². The van der Waals surface area contributed by atoms with Crippen LogP contribution in [-0.2, 0) is 0 Å². The lowest BCUT2D eigenvalue weighted by atomic mass is 10.2. The summed E-state index contributed by atoms with van der Waals surface area (Å²) in [6, 6.07) is 16.3.